The molecule has 1 aromatic heterocycles. The van der Waals surface area contributed by atoms with Crippen molar-refractivity contribution in [1.82, 2.24) is 4.98 Å². The number of carbonyl (C=O) groups is 1. The minimum Gasteiger partial charge on any atom is -0.468 e. The van der Waals surface area contributed by atoms with Crippen molar-refractivity contribution in [1.29, 1.82) is 0 Å². The Labute approximate surface area is 319 Å². The number of hydrogen-bond acceptors (Lipinski definition) is 6. The zero-order valence-corrected chi connectivity index (χ0v) is 34.7. The highest BCUT2D eigenvalue weighted by molar-refractivity contribution is 6.32. The molecule has 2 N–H and O–H groups in total. The molecule has 4 rings (SSSR count). The second-order valence-electron chi connectivity index (χ2n) is 13.2. The molecule has 7 nitrogen and oxygen atoms in total. The summed E-state index contributed by atoms with van der Waals surface area (Å²) in [5, 5.41) is 14.0. The van der Waals surface area contributed by atoms with Crippen LogP contribution < -0.4 is 10.1 Å². The van der Waals surface area contributed by atoms with E-state index in [2.05, 4.69) is 58.2 Å². The van der Waals surface area contributed by atoms with Crippen LogP contribution in [-0.2, 0) is 16.0 Å². The molecule has 0 saturated carbocycles. The topological polar surface area (TPSA) is 93.0 Å². The molecule has 2 heterocycles. The van der Waals surface area contributed by atoms with Crippen molar-refractivity contribution in [3.63, 3.8) is 0 Å². The Balaban J connectivity index is 0.00000136. The lowest BCUT2D eigenvalue weighted by Crippen LogP contribution is -2.32. The lowest BCUT2D eigenvalue weighted by atomic mass is 9.95. The fourth-order valence-electron chi connectivity index (χ4n) is 5.68. The predicted octanol–water partition coefficient (Wildman–Crippen LogP) is 11.7. The van der Waals surface area contributed by atoms with Gasteiger partial charge in [0.2, 0.25) is 5.88 Å². The first kappa shape index (κ1) is 47.0. The summed E-state index contributed by atoms with van der Waals surface area (Å²) in [7, 11) is 0. The van der Waals surface area contributed by atoms with E-state index in [1.54, 1.807) is 6.07 Å². The molecule has 292 valence electrons. The molecule has 0 radical (unpaired) electrons. The largest absolute Gasteiger partial charge is 0.468 e. The third-order valence-electron chi connectivity index (χ3n) is 9.29. The number of amidine groups is 1. The second-order valence-corrected chi connectivity index (χ2v) is 13.6. The third kappa shape index (κ3) is 14.1. The minimum atomic E-state index is -0.498. The SMILES string of the molecule is CC.CC=O.CCC(=NC1CO[C@H](C(O)CC)[C@@H]1C)Nc1nc(OC2CCc3cc(/C(C)=C/C=C\C(C)CC)cc(F)c32)c(Cl)cc1C.CCCC. The van der Waals surface area contributed by atoms with E-state index >= 15 is 4.39 Å². The molecule has 9 heteroatoms. The molecule has 1 fully saturated rings. The molecule has 52 heavy (non-hydrogen) atoms. The third-order valence-corrected chi connectivity index (χ3v) is 9.56. The maximum absolute atomic E-state index is 15.5. The van der Waals surface area contributed by atoms with Gasteiger partial charge in [-0.15, -0.1) is 0 Å². The number of aliphatic hydroxyl groups excluding tert-OH is 1. The van der Waals surface area contributed by atoms with Crippen molar-refractivity contribution in [3.8, 4) is 5.88 Å². The van der Waals surface area contributed by atoms with Crippen molar-refractivity contribution in [2.75, 3.05) is 11.9 Å². The quantitative estimate of drug-likeness (QED) is 0.0973. The van der Waals surface area contributed by atoms with Gasteiger partial charge in [-0.05, 0) is 80.3 Å². The number of ether oxygens (including phenoxy) is 2. The van der Waals surface area contributed by atoms with Crippen LogP contribution in [0.25, 0.3) is 5.57 Å². The summed E-state index contributed by atoms with van der Waals surface area (Å²) >= 11 is 6.59. The summed E-state index contributed by atoms with van der Waals surface area (Å²) in [5.74, 6) is 1.96. The zero-order valence-electron chi connectivity index (χ0n) is 34.0. The first-order valence-corrected chi connectivity index (χ1v) is 19.8. The molecule has 2 aromatic rings. The van der Waals surface area contributed by atoms with Gasteiger partial charge in [-0.3, -0.25) is 4.99 Å². The normalized spacial score (nSPS) is 20.8. The Kier molecular flexibility index (Phi) is 22.6. The lowest BCUT2D eigenvalue weighted by Gasteiger charge is -2.21. The number of nitrogens with one attached hydrogen (secondary N) is 1. The number of carbonyl (C=O) groups excluding carboxylic acids is 1. The van der Waals surface area contributed by atoms with Crippen molar-refractivity contribution in [2.45, 2.75) is 152 Å². The summed E-state index contributed by atoms with van der Waals surface area (Å²) < 4.78 is 27.7. The number of unbranched alkanes of at least 4 members (excludes halogenated alkanes) is 1. The van der Waals surface area contributed by atoms with Gasteiger partial charge in [0.05, 0.1) is 24.9 Å². The van der Waals surface area contributed by atoms with E-state index in [1.165, 1.54) is 19.8 Å². The monoisotopic (exact) mass is 743 g/mol. The highest BCUT2D eigenvalue weighted by Gasteiger charge is 2.37. The first-order chi connectivity index (χ1) is 24.9. The van der Waals surface area contributed by atoms with E-state index < -0.39 is 12.2 Å². The van der Waals surface area contributed by atoms with E-state index in [0.717, 1.165) is 47.2 Å². The number of benzene rings is 1. The number of nitrogens with zero attached hydrogens (tertiary/aromatic N) is 2. The number of aromatic nitrogens is 1. The molecule has 0 amide bonds. The molecule has 2 aliphatic rings. The number of aliphatic hydroxyl groups is 1. The number of halogens is 2. The van der Waals surface area contributed by atoms with Gasteiger partial charge in [0.15, 0.2) is 0 Å². The van der Waals surface area contributed by atoms with Crippen molar-refractivity contribution >= 4 is 35.1 Å². The van der Waals surface area contributed by atoms with Crippen LogP contribution in [0.2, 0.25) is 5.02 Å². The molecule has 0 bridgehead atoms. The average molecular weight is 744 g/mol. The fraction of sp³-hybridized carbons (Fsp3) is 0.605. The number of pyridine rings is 1. The predicted molar refractivity (Wildman–Crippen MR) is 218 cm³/mol. The molecule has 0 spiro atoms. The minimum absolute atomic E-state index is 0.0609. The van der Waals surface area contributed by atoms with Crippen molar-refractivity contribution in [3.05, 3.63) is 69.5 Å². The Morgan fingerprint density at radius 3 is 2.40 bits per heavy atom. The number of allylic oxidation sites excluding steroid dienone is 4. The highest BCUT2D eigenvalue weighted by atomic mass is 35.5. The highest BCUT2D eigenvalue weighted by Crippen LogP contribution is 2.40. The number of aryl methyl sites for hydroxylation is 2. The molecular weight excluding hydrogens is 677 g/mol. The second kappa shape index (κ2) is 25.0. The summed E-state index contributed by atoms with van der Waals surface area (Å²) in [6, 6.07) is 5.42. The van der Waals surface area contributed by atoms with Gasteiger partial charge >= 0.3 is 0 Å². The maximum Gasteiger partial charge on any atom is 0.235 e. The summed E-state index contributed by atoms with van der Waals surface area (Å²) in [6.07, 6.45) is 12.2. The molecule has 1 saturated heterocycles. The van der Waals surface area contributed by atoms with Gasteiger partial charge in [0.1, 0.15) is 34.9 Å². The van der Waals surface area contributed by atoms with Crippen LogP contribution in [0.1, 0.15) is 143 Å². The Hall–Kier alpha value is -3.07. The molecule has 4 unspecified atom stereocenters. The summed E-state index contributed by atoms with van der Waals surface area (Å²) in [6.45, 7) is 24.6. The molecule has 6 atom stereocenters. The number of aldehydes is 1. The van der Waals surface area contributed by atoms with Gasteiger partial charge in [0.25, 0.3) is 0 Å². The van der Waals surface area contributed by atoms with Gasteiger partial charge in [-0.2, -0.15) is 4.98 Å². The molecule has 1 aliphatic carbocycles. The van der Waals surface area contributed by atoms with Crippen LogP contribution in [0.3, 0.4) is 0 Å². The van der Waals surface area contributed by atoms with E-state index in [0.29, 0.717) is 48.2 Å². The van der Waals surface area contributed by atoms with Gasteiger partial charge < -0.3 is 24.7 Å². The Morgan fingerprint density at radius 1 is 1.17 bits per heavy atom. The van der Waals surface area contributed by atoms with Gasteiger partial charge in [-0.1, -0.05) is 117 Å². The van der Waals surface area contributed by atoms with Gasteiger partial charge in [0, 0.05) is 17.9 Å². The van der Waals surface area contributed by atoms with E-state index in [9.17, 15) is 5.11 Å². The van der Waals surface area contributed by atoms with E-state index in [4.69, 9.17) is 35.8 Å². The Bertz CT molecular complexity index is 1460. The van der Waals surface area contributed by atoms with Crippen LogP contribution >= 0.6 is 11.6 Å². The van der Waals surface area contributed by atoms with Crippen molar-refractivity contribution < 1.29 is 23.8 Å². The first-order valence-electron chi connectivity index (χ1n) is 19.4. The van der Waals surface area contributed by atoms with Crippen LogP contribution in [0.4, 0.5) is 10.2 Å². The summed E-state index contributed by atoms with van der Waals surface area (Å²) in [4.78, 5) is 18.5. The molecule has 1 aromatic carbocycles. The number of hydrogen-bond donors (Lipinski definition) is 2. The maximum atomic E-state index is 15.5. The number of aliphatic imine (C=N–C) groups is 1. The fourth-order valence-corrected chi connectivity index (χ4v) is 5.93. The van der Waals surface area contributed by atoms with Crippen molar-refractivity contribution in [2.24, 2.45) is 16.8 Å². The number of anilines is 1. The zero-order chi connectivity index (χ0) is 39.4. The van der Waals surface area contributed by atoms with Crippen LogP contribution in [0.5, 0.6) is 5.88 Å². The summed E-state index contributed by atoms with van der Waals surface area (Å²) in [5.41, 5.74) is 4.29. The molecular formula is C43H67ClFN3O4. The smallest absolute Gasteiger partial charge is 0.235 e. The lowest BCUT2D eigenvalue weighted by molar-refractivity contribution is -0.106. The van der Waals surface area contributed by atoms with Gasteiger partial charge in [-0.25, -0.2) is 4.39 Å². The van der Waals surface area contributed by atoms with Crippen LogP contribution in [0, 0.1) is 24.6 Å². The standard InChI is InChI=1S/C35H47ClFN3O3.C4H10.C2H4O.C2H6/c1-8-20(4)12-11-13-21(5)25-17-24-14-15-30(32(24)27(37)18-25)43-35-26(36)16-22(6)34(40-35)39-31(10-3)38-28-19-42-33(23(28)7)29(41)9-2;1-3-4-2;1-2-3;1-2/h11-13,16-18,20,23,28-30,33,41H,8-10,14-15,19H2,1-7H3,(H,38,39,40);3-4H2,1-2H3;2H,1H3;1-2H3/b12-11-,21-13+;;;/t20?,23-,28?,29?,30?,33+;;;/m1.../s1. The molecule has 1 aliphatic heterocycles. The van der Waals surface area contributed by atoms with E-state index in [1.807, 2.05) is 53.7 Å². The van der Waals surface area contributed by atoms with Crippen LogP contribution in [0.15, 0.2) is 41.4 Å². The van der Waals surface area contributed by atoms with Crippen LogP contribution in [-0.4, -0.2) is 47.1 Å². The number of rotatable bonds is 12. The average Bonchev–Trinajstić information content (AvgIpc) is 3.73. The van der Waals surface area contributed by atoms with E-state index in [-0.39, 0.29) is 29.8 Å². The Morgan fingerprint density at radius 2 is 1.83 bits per heavy atom. The number of fused-ring (bicyclic) bond motifs is 1.